The van der Waals surface area contributed by atoms with Crippen molar-refractivity contribution in [3.8, 4) is 22.3 Å². The monoisotopic (exact) mass is 456 g/mol. The van der Waals surface area contributed by atoms with Crippen molar-refractivity contribution in [2.75, 3.05) is 0 Å². The van der Waals surface area contributed by atoms with Gasteiger partial charge in [-0.05, 0) is 77.0 Å². The Labute approximate surface area is 207 Å². The highest BCUT2D eigenvalue weighted by Crippen LogP contribution is 2.41. The molecular weight excluding hydrogens is 427 g/mol. The quantitative estimate of drug-likeness (QED) is 0.205. The molecule has 5 aromatic rings. The Kier molecular flexibility index (Phi) is 5.10. The van der Waals surface area contributed by atoms with Crippen molar-refractivity contribution in [3.63, 3.8) is 0 Å². The molecule has 0 unspecified atom stereocenters. The standard InChI is InChI=1S/C32H29BO2/c1-31(2)32(3,4)35-33(34-31)26-15-10-14-25(21-26)28-20-19-24-18-17-22-11-8-9-16-27(22)30(24)29(28)23-12-6-5-7-13-23/h5-21H,1-4H3. The van der Waals surface area contributed by atoms with E-state index in [4.69, 9.17) is 9.31 Å². The molecule has 1 heterocycles. The summed E-state index contributed by atoms with van der Waals surface area (Å²) in [6, 6.07) is 36.9. The van der Waals surface area contributed by atoms with E-state index in [2.05, 4.69) is 131 Å². The Morgan fingerprint density at radius 3 is 1.97 bits per heavy atom. The van der Waals surface area contributed by atoms with Crippen LogP contribution in [0.15, 0.2) is 103 Å². The second-order valence-corrected chi connectivity index (χ2v) is 10.5. The van der Waals surface area contributed by atoms with Gasteiger partial charge in [0.15, 0.2) is 0 Å². The lowest BCUT2D eigenvalue weighted by Crippen LogP contribution is -2.41. The van der Waals surface area contributed by atoms with E-state index in [1.165, 1.54) is 38.2 Å². The van der Waals surface area contributed by atoms with Gasteiger partial charge in [0.05, 0.1) is 11.2 Å². The first-order valence-corrected chi connectivity index (χ1v) is 12.3. The maximum Gasteiger partial charge on any atom is 0.494 e. The number of rotatable bonds is 3. The molecule has 0 atom stereocenters. The molecule has 0 amide bonds. The van der Waals surface area contributed by atoms with Crippen LogP contribution < -0.4 is 5.46 Å². The zero-order valence-corrected chi connectivity index (χ0v) is 20.7. The Hall–Kier alpha value is -3.40. The third-order valence-corrected chi connectivity index (χ3v) is 7.70. The van der Waals surface area contributed by atoms with Gasteiger partial charge in [-0.25, -0.2) is 0 Å². The first-order valence-electron chi connectivity index (χ1n) is 12.3. The lowest BCUT2D eigenvalue weighted by atomic mass is 9.77. The molecule has 0 saturated carbocycles. The van der Waals surface area contributed by atoms with Gasteiger partial charge < -0.3 is 9.31 Å². The summed E-state index contributed by atoms with van der Waals surface area (Å²) < 4.78 is 12.7. The third kappa shape index (κ3) is 3.67. The summed E-state index contributed by atoms with van der Waals surface area (Å²) in [5.74, 6) is 0. The molecule has 172 valence electrons. The van der Waals surface area contributed by atoms with Gasteiger partial charge in [0.25, 0.3) is 0 Å². The van der Waals surface area contributed by atoms with Crippen LogP contribution in [0, 0.1) is 0 Å². The molecule has 0 bridgehead atoms. The molecular formula is C32H29BO2. The largest absolute Gasteiger partial charge is 0.494 e. The average molecular weight is 456 g/mol. The maximum atomic E-state index is 6.36. The van der Waals surface area contributed by atoms with E-state index in [0.29, 0.717) is 0 Å². The molecule has 0 aromatic heterocycles. The fourth-order valence-electron chi connectivity index (χ4n) is 5.07. The summed E-state index contributed by atoms with van der Waals surface area (Å²) in [4.78, 5) is 0. The SMILES string of the molecule is CC1(C)OB(c2cccc(-c3ccc4ccc5ccccc5c4c3-c3ccccc3)c2)OC1(C)C. The van der Waals surface area contributed by atoms with E-state index in [0.717, 1.165) is 11.0 Å². The van der Waals surface area contributed by atoms with Crippen LogP contribution in [0.2, 0.25) is 0 Å². The maximum absolute atomic E-state index is 6.36. The first-order chi connectivity index (χ1) is 16.8. The van der Waals surface area contributed by atoms with E-state index >= 15 is 0 Å². The average Bonchev–Trinajstić information content (AvgIpc) is 3.10. The van der Waals surface area contributed by atoms with E-state index < -0.39 is 0 Å². The van der Waals surface area contributed by atoms with Crippen LogP contribution in [0.5, 0.6) is 0 Å². The highest BCUT2D eigenvalue weighted by Gasteiger charge is 2.51. The Morgan fingerprint density at radius 2 is 1.20 bits per heavy atom. The highest BCUT2D eigenvalue weighted by molar-refractivity contribution is 6.62. The molecule has 6 rings (SSSR count). The summed E-state index contributed by atoms with van der Waals surface area (Å²) in [5.41, 5.74) is 5.13. The molecule has 35 heavy (non-hydrogen) atoms. The van der Waals surface area contributed by atoms with Gasteiger partial charge in [0.1, 0.15) is 0 Å². The Bertz CT molecular complexity index is 1540. The van der Waals surface area contributed by atoms with Crippen molar-refractivity contribution in [3.05, 3.63) is 103 Å². The summed E-state index contributed by atoms with van der Waals surface area (Å²) in [6.07, 6.45) is 0. The number of hydrogen-bond donors (Lipinski definition) is 0. The second-order valence-electron chi connectivity index (χ2n) is 10.5. The summed E-state index contributed by atoms with van der Waals surface area (Å²) >= 11 is 0. The van der Waals surface area contributed by atoms with Crippen LogP contribution in [0.25, 0.3) is 43.8 Å². The Balaban J connectivity index is 1.59. The predicted molar refractivity (Wildman–Crippen MR) is 148 cm³/mol. The normalized spacial score (nSPS) is 16.7. The number of benzene rings is 5. The fraction of sp³-hybridized carbons (Fsp3) is 0.188. The van der Waals surface area contributed by atoms with E-state index in [1.807, 2.05) is 0 Å². The third-order valence-electron chi connectivity index (χ3n) is 7.70. The smallest absolute Gasteiger partial charge is 0.399 e. The lowest BCUT2D eigenvalue weighted by molar-refractivity contribution is 0.00578. The molecule has 0 radical (unpaired) electrons. The van der Waals surface area contributed by atoms with Crippen molar-refractivity contribution < 1.29 is 9.31 Å². The van der Waals surface area contributed by atoms with Crippen LogP contribution in [0.1, 0.15) is 27.7 Å². The molecule has 1 aliphatic heterocycles. The molecule has 5 aromatic carbocycles. The van der Waals surface area contributed by atoms with Gasteiger partial charge in [-0.3, -0.25) is 0 Å². The molecule has 3 heteroatoms. The van der Waals surface area contributed by atoms with Gasteiger partial charge in [-0.1, -0.05) is 103 Å². The second kappa shape index (κ2) is 8.08. The van der Waals surface area contributed by atoms with Crippen molar-refractivity contribution in [2.45, 2.75) is 38.9 Å². The van der Waals surface area contributed by atoms with Crippen LogP contribution in [0.3, 0.4) is 0 Å². The molecule has 1 aliphatic rings. The van der Waals surface area contributed by atoms with Crippen molar-refractivity contribution in [1.82, 2.24) is 0 Å². The minimum Gasteiger partial charge on any atom is -0.399 e. The molecule has 1 saturated heterocycles. The summed E-state index contributed by atoms with van der Waals surface area (Å²) in [7, 11) is -0.388. The molecule has 0 aliphatic carbocycles. The van der Waals surface area contributed by atoms with Crippen molar-refractivity contribution >= 4 is 34.1 Å². The van der Waals surface area contributed by atoms with Gasteiger partial charge >= 0.3 is 7.12 Å². The minimum absolute atomic E-state index is 0.370. The number of fused-ring (bicyclic) bond motifs is 3. The van der Waals surface area contributed by atoms with Gasteiger partial charge in [0, 0.05) is 0 Å². The van der Waals surface area contributed by atoms with Crippen LogP contribution >= 0.6 is 0 Å². The molecule has 0 N–H and O–H groups in total. The van der Waals surface area contributed by atoms with Gasteiger partial charge in [-0.2, -0.15) is 0 Å². The minimum atomic E-state index is -0.388. The van der Waals surface area contributed by atoms with E-state index in [9.17, 15) is 0 Å². The zero-order chi connectivity index (χ0) is 24.2. The lowest BCUT2D eigenvalue weighted by Gasteiger charge is -2.32. The predicted octanol–water partition coefficient (Wildman–Crippen LogP) is 7.63. The van der Waals surface area contributed by atoms with E-state index in [-0.39, 0.29) is 18.3 Å². The number of hydrogen-bond acceptors (Lipinski definition) is 2. The topological polar surface area (TPSA) is 18.5 Å². The van der Waals surface area contributed by atoms with E-state index in [1.54, 1.807) is 0 Å². The fourth-order valence-corrected chi connectivity index (χ4v) is 5.07. The molecule has 1 fully saturated rings. The molecule has 2 nitrogen and oxygen atoms in total. The van der Waals surface area contributed by atoms with Crippen LogP contribution in [-0.4, -0.2) is 18.3 Å². The van der Waals surface area contributed by atoms with Crippen molar-refractivity contribution in [1.29, 1.82) is 0 Å². The zero-order valence-electron chi connectivity index (χ0n) is 20.7. The Morgan fingerprint density at radius 1 is 0.571 bits per heavy atom. The summed E-state index contributed by atoms with van der Waals surface area (Å²) in [5, 5.41) is 5.05. The highest BCUT2D eigenvalue weighted by atomic mass is 16.7. The van der Waals surface area contributed by atoms with Crippen LogP contribution in [0.4, 0.5) is 0 Å². The molecule has 0 spiro atoms. The van der Waals surface area contributed by atoms with Crippen LogP contribution in [-0.2, 0) is 9.31 Å². The van der Waals surface area contributed by atoms with Gasteiger partial charge in [-0.15, -0.1) is 0 Å². The van der Waals surface area contributed by atoms with Gasteiger partial charge in [0.2, 0.25) is 0 Å². The van der Waals surface area contributed by atoms with Crippen molar-refractivity contribution in [2.24, 2.45) is 0 Å². The first kappa shape index (κ1) is 22.1. The summed E-state index contributed by atoms with van der Waals surface area (Å²) in [6.45, 7) is 8.38.